The summed E-state index contributed by atoms with van der Waals surface area (Å²) in [5, 5.41) is 13.3. The first-order valence-electron chi connectivity index (χ1n) is 7.68. The van der Waals surface area contributed by atoms with Gasteiger partial charge in [-0.3, -0.25) is 9.59 Å². The minimum atomic E-state index is -0.197. The molecule has 3 rings (SSSR count). The van der Waals surface area contributed by atoms with Crippen molar-refractivity contribution in [3.63, 3.8) is 0 Å². The average molecular weight is 313 g/mol. The maximum Gasteiger partial charge on any atom is 0.246 e. The number of rotatable bonds is 5. The van der Waals surface area contributed by atoms with Crippen molar-refractivity contribution in [2.24, 2.45) is 5.92 Å². The Morgan fingerprint density at radius 2 is 2.13 bits per heavy atom. The summed E-state index contributed by atoms with van der Waals surface area (Å²) in [5.41, 5.74) is 1.82. The van der Waals surface area contributed by atoms with Crippen LogP contribution in [-0.2, 0) is 16.1 Å². The first-order chi connectivity index (χ1) is 11.1. The molecule has 0 saturated heterocycles. The summed E-state index contributed by atoms with van der Waals surface area (Å²) in [6, 6.07) is 7.57. The van der Waals surface area contributed by atoms with Crippen LogP contribution in [0.3, 0.4) is 0 Å². The van der Waals surface area contributed by atoms with E-state index in [9.17, 15) is 9.59 Å². The summed E-state index contributed by atoms with van der Waals surface area (Å²) in [6.07, 6.45) is 4.52. The molecule has 2 amide bonds. The van der Waals surface area contributed by atoms with Gasteiger partial charge in [-0.05, 0) is 37.5 Å². The van der Waals surface area contributed by atoms with Crippen LogP contribution in [0, 0.1) is 12.8 Å². The molecular weight excluding hydrogens is 294 g/mol. The van der Waals surface area contributed by atoms with Crippen LogP contribution in [0.2, 0.25) is 0 Å². The molecule has 1 aliphatic carbocycles. The molecule has 1 saturated carbocycles. The highest BCUT2D eigenvalue weighted by Crippen LogP contribution is 2.27. The van der Waals surface area contributed by atoms with Crippen LogP contribution in [0.15, 0.2) is 30.5 Å². The van der Waals surface area contributed by atoms with Gasteiger partial charge in [-0.2, -0.15) is 0 Å². The third kappa shape index (κ3) is 3.94. The van der Waals surface area contributed by atoms with Gasteiger partial charge in [0.25, 0.3) is 0 Å². The maximum atomic E-state index is 12.0. The standard InChI is InChI=1S/C16H19N5O2/c1-11-4-2-7-13(8-11)17-15(22)10-21-9-14(19-20-21)18-16(23)12-5-3-6-12/h2,4,7-9,12H,3,5-6,10H2,1H3,(H,17,22)(H,18,23). The van der Waals surface area contributed by atoms with Crippen LogP contribution in [0.5, 0.6) is 0 Å². The van der Waals surface area contributed by atoms with Gasteiger partial charge in [-0.1, -0.05) is 23.8 Å². The maximum absolute atomic E-state index is 12.0. The smallest absolute Gasteiger partial charge is 0.246 e. The Morgan fingerprint density at radius 3 is 2.83 bits per heavy atom. The lowest BCUT2D eigenvalue weighted by Crippen LogP contribution is -2.28. The number of benzene rings is 1. The van der Waals surface area contributed by atoms with Crippen molar-refractivity contribution in [2.75, 3.05) is 10.6 Å². The van der Waals surface area contributed by atoms with Gasteiger partial charge in [0.1, 0.15) is 6.54 Å². The summed E-state index contributed by atoms with van der Waals surface area (Å²) in [5.74, 6) is 0.250. The molecule has 0 spiro atoms. The lowest BCUT2D eigenvalue weighted by atomic mass is 9.85. The molecule has 1 aliphatic rings. The molecule has 1 aromatic carbocycles. The topological polar surface area (TPSA) is 88.9 Å². The summed E-state index contributed by atoms with van der Waals surface area (Å²) in [6.45, 7) is 2.00. The molecule has 120 valence electrons. The van der Waals surface area contributed by atoms with Gasteiger partial charge < -0.3 is 10.6 Å². The fraction of sp³-hybridized carbons (Fsp3) is 0.375. The van der Waals surface area contributed by atoms with Crippen LogP contribution in [-0.4, -0.2) is 26.8 Å². The van der Waals surface area contributed by atoms with E-state index < -0.39 is 0 Å². The Balaban J connectivity index is 1.53. The first-order valence-corrected chi connectivity index (χ1v) is 7.68. The zero-order valence-corrected chi connectivity index (χ0v) is 13.0. The minimum Gasteiger partial charge on any atom is -0.324 e. The van der Waals surface area contributed by atoms with E-state index in [-0.39, 0.29) is 24.3 Å². The third-order valence-corrected chi connectivity index (χ3v) is 3.87. The van der Waals surface area contributed by atoms with E-state index in [0.29, 0.717) is 5.82 Å². The van der Waals surface area contributed by atoms with Gasteiger partial charge in [0, 0.05) is 11.6 Å². The molecule has 0 aliphatic heterocycles. The molecule has 7 heteroatoms. The fourth-order valence-corrected chi connectivity index (χ4v) is 2.40. The van der Waals surface area contributed by atoms with E-state index in [1.165, 1.54) is 4.68 Å². The van der Waals surface area contributed by atoms with Crippen molar-refractivity contribution in [1.82, 2.24) is 15.0 Å². The molecule has 0 bridgehead atoms. The second-order valence-electron chi connectivity index (χ2n) is 5.84. The van der Waals surface area contributed by atoms with Crippen molar-refractivity contribution in [3.8, 4) is 0 Å². The molecule has 1 fully saturated rings. The Hall–Kier alpha value is -2.70. The number of aromatic nitrogens is 3. The van der Waals surface area contributed by atoms with Crippen LogP contribution in [0.1, 0.15) is 24.8 Å². The van der Waals surface area contributed by atoms with Crippen molar-refractivity contribution < 1.29 is 9.59 Å². The van der Waals surface area contributed by atoms with Crippen LogP contribution in [0.25, 0.3) is 0 Å². The largest absolute Gasteiger partial charge is 0.324 e. The molecule has 7 nitrogen and oxygen atoms in total. The van der Waals surface area contributed by atoms with Crippen molar-refractivity contribution in [3.05, 3.63) is 36.0 Å². The molecule has 0 unspecified atom stereocenters. The molecule has 1 heterocycles. The normalized spacial score (nSPS) is 14.1. The Bertz CT molecular complexity index is 721. The minimum absolute atomic E-state index is 0.0208. The molecule has 23 heavy (non-hydrogen) atoms. The van der Waals surface area contributed by atoms with Crippen LogP contribution >= 0.6 is 0 Å². The Morgan fingerprint density at radius 1 is 1.30 bits per heavy atom. The van der Waals surface area contributed by atoms with Crippen molar-refractivity contribution in [1.29, 1.82) is 0 Å². The highest BCUT2D eigenvalue weighted by Gasteiger charge is 2.25. The number of nitrogens with one attached hydrogen (secondary N) is 2. The Labute approximate surface area is 134 Å². The average Bonchev–Trinajstić information content (AvgIpc) is 2.83. The highest BCUT2D eigenvalue weighted by molar-refractivity contribution is 5.92. The predicted molar refractivity (Wildman–Crippen MR) is 85.8 cm³/mol. The van der Waals surface area contributed by atoms with Gasteiger partial charge in [0.15, 0.2) is 5.82 Å². The van der Waals surface area contributed by atoms with Gasteiger partial charge in [0.05, 0.1) is 6.20 Å². The molecule has 2 N–H and O–H groups in total. The summed E-state index contributed by atoms with van der Waals surface area (Å²) >= 11 is 0. The fourth-order valence-electron chi connectivity index (χ4n) is 2.40. The van der Waals surface area contributed by atoms with Gasteiger partial charge in [-0.25, -0.2) is 4.68 Å². The quantitative estimate of drug-likeness (QED) is 0.883. The molecule has 1 aromatic heterocycles. The number of aryl methyl sites for hydroxylation is 1. The van der Waals surface area contributed by atoms with E-state index in [0.717, 1.165) is 30.5 Å². The number of carbonyl (C=O) groups is 2. The van der Waals surface area contributed by atoms with E-state index in [4.69, 9.17) is 0 Å². The van der Waals surface area contributed by atoms with E-state index in [1.54, 1.807) is 6.20 Å². The van der Waals surface area contributed by atoms with Crippen LogP contribution in [0.4, 0.5) is 11.5 Å². The third-order valence-electron chi connectivity index (χ3n) is 3.87. The number of hydrogen-bond acceptors (Lipinski definition) is 4. The SMILES string of the molecule is Cc1cccc(NC(=O)Cn2cc(NC(=O)C3CCC3)nn2)c1. The molecular formula is C16H19N5O2. The lowest BCUT2D eigenvalue weighted by molar-refractivity contribution is -0.122. The number of hydrogen-bond donors (Lipinski definition) is 2. The van der Waals surface area contributed by atoms with E-state index >= 15 is 0 Å². The molecule has 0 radical (unpaired) electrons. The predicted octanol–water partition coefficient (Wildman–Crippen LogP) is 1.96. The van der Waals surface area contributed by atoms with Gasteiger partial charge in [0.2, 0.25) is 11.8 Å². The Kier molecular flexibility index (Phi) is 4.36. The zero-order chi connectivity index (χ0) is 16.2. The number of amides is 2. The monoisotopic (exact) mass is 313 g/mol. The number of nitrogens with zero attached hydrogens (tertiary/aromatic N) is 3. The second-order valence-corrected chi connectivity index (χ2v) is 5.84. The summed E-state index contributed by atoms with van der Waals surface area (Å²) in [4.78, 5) is 23.8. The highest BCUT2D eigenvalue weighted by atomic mass is 16.2. The number of carbonyl (C=O) groups excluding carboxylic acids is 2. The van der Waals surface area contributed by atoms with E-state index in [1.807, 2.05) is 31.2 Å². The first kappa shape index (κ1) is 15.2. The summed E-state index contributed by atoms with van der Waals surface area (Å²) < 4.78 is 1.40. The molecule has 0 atom stereocenters. The van der Waals surface area contributed by atoms with Gasteiger partial charge >= 0.3 is 0 Å². The number of anilines is 2. The second kappa shape index (κ2) is 6.60. The van der Waals surface area contributed by atoms with Crippen LogP contribution < -0.4 is 10.6 Å². The van der Waals surface area contributed by atoms with E-state index in [2.05, 4.69) is 20.9 Å². The van der Waals surface area contributed by atoms with Crippen molar-refractivity contribution in [2.45, 2.75) is 32.7 Å². The zero-order valence-electron chi connectivity index (χ0n) is 13.0. The molecule has 2 aromatic rings. The lowest BCUT2D eigenvalue weighted by Gasteiger charge is -2.23. The van der Waals surface area contributed by atoms with Gasteiger partial charge in [-0.15, -0.1) is 5.10 Å². The van der Waals surface area contributed by atoms with Crippen molar-refractivity contribution >= 4 is 23.3 Å². The summed E-state index contributed by atoms with van der Waals surface area (Å²) in [7, 11) is 0.